The Balaban J connectivity index is 1.85. The van der Waals surface area contributed by atoms with Gasteiger partial charge in [0.25, 0.3) is 0 Å². The minimum Gasteiger partial charge on any atom is -0.356 e. The standard InChI is InChI=1S/C25H27N3O2S/c1-17(21-14-9-10-16-26-21)23(28-31(29)25(2,3)4)18-11-5-6-12-19(18)24-20-13-7-8-15-22(20)30-27-24/h5-17,23,28H,1-4H3/t17?,23-,31?/m0/s1. The first-order chi connectivity index (χ1) is 14.9. The molecule has 0 aliphatic heterocycles. The van der Waals surface area contributed by atoms with Crippen LogP contribution in [0.5, 0.6) is 0 Å². The lowest BCUT2D eigenvalue weighted by atomic mass is 9.88. The maximum absolute atomic E-state index is 13.1. The summed E-state index contributed by atoms with van der Waals surface area (Å²) >= 11 is 0. The van der Waals surface area contributed by atoms with Crippen molar-refractivity contribution in [2.75, 3.05) is 0 Å². The van der Waals surface area contributed by atoms with E-state index in [-0.39, 0.29) is 12.0 Å². The average molecular weight is 434 g/mol. The second kappa shape index (κ2) is 8.73. The Morgan fingerprint density at radius 1 is 0.968 bits per heavy atom. The first-order valence-electron chi connectivity index (χ1n) is 10.4. The van der Waals surface area contributed by atoms with Crippen molar-refractivity contribution in [2.24, 2.45) is 0 Å². The van der Waals surface area contributed by atoms with Crippen molar-refractivity contribution >= 4 is 22.0 Å². The van der Waals surface area contributed by atoms with Crippen LogP contribution in [0.4, 0.5) is 0 Å². The molecule has 2 heterocycles. The summed E-state index contributed by atoms with van der Waals surface area (Å²) in [6, 6.07) is 21.6. The van der Waals surface area contributed by atoms with E-state index in [2.05, 4.69) is 27.9 Å². The van der Waals surface area contributed by atoms with Crippen LogP contribution in [0.25, 0.3) is 22.2 Å². The second-order valence-corrected chi connectivity index (χ2v) is 10.6. The summed E-state index contributed by atoms with van der Waals surface area (Å²) in [5.74, 6) is -0.0215. The minimum atomic E-state index is -1.27. The van der Waals surface area contributed by atoms with E-state index in [1.165, 1.54) is 0 Å². The molecule has 1 N–H and O–H groups in total. The van der Waals surface area contributed by atoms with E-state index in [0.29, 0.717) is 0 Å². The summed E-state index contributed by atoms with van der Waals surface area (Å²) < 4.78 is 21.7. The van der Waals surface area contributed by atoms with Crippen LogP contribution in [-0.4, -0.2) is 19.1 Å². The molecule has 0 radical (unpaired) electrons. The zero-order valence-corrected chi connectivity index (χ0v) is 19.0. The van der Waals surface area contributed by atoms with Gasteiger partial charge in [0.15, 0.2) is 5.58 Å². The summed E-state index contributed by atoms with van der Waals surface area (Å²) in [6.45, 7) is 8.01. The summed E-state index contributed by atoms with van der Waals surface area (Å²) in [6.07, 6.45) is 1.79. The Bertz CT molecular complexity index is 1200. The van der Waals surface area contributed by atoms with Crippen molar-refractivity contribution in [1.82, 2.24) is 14.9 Å². The van der Waals surface area contributed by atoms with Gasteiger partial charge in [-0.15, -0.1) is 0 Å². The number of para-hydroxylation sites is 1. The lowest BCUT2D eigenvalue weighted by Crippen LogP contribution is -2.37. The highest BCUT2D eigenvalue weighted by Crippen LogP contribution is 2.38. The van der Waals surface area contributed by atoms with E-state index in [9.17, 15) is 4.21 Å². The molecule has 4 rings (SSSR count). The van der Waals surface area contributed by atoms with E-state index >= 15 is 0 Å². The van der Waals surface area contributed by atoms with Gasteiger partial charge in [-0.3, -0.25) is 4.98 Å². The molecule has 2 aromatic carbocycles. The molecule has 0 saturated heterocycles. The van der Waals surface area contributed by atoms with E-state index < -0.39 is 15.7 Å². The van der Waals surface area contributed by atoms with E-state index in [4.69, 9.17) is 4.52 Å². The largest absolute Gasteiger partial charge is 0.356 e. The molecule has 31 heavy (non-hydrogen) atoms. The zero-order chi connectivity index (χ0) is 22.0. The molecular weight excluding hydrogens is 406 g/mol. The molecule has 5 nitrogen and oxygen atoms in total. The van der Waals surface area contributed by atoms with Crippen LogP contribution >= 0.6 is 0 Å². The van der Waals surface area contributed by atoms with Crippen LogP contribution in [0.3, 0.4) is 0 Å². The van der Waals surface area contributed by atoms with E-state index in [0.717, 1.165) is 33.5 Å². The van der Waals surface area contributed by atoms with Gasteiger partial charge in [0, 0.05) is 28.8 Å². The van der Waals surface area contributed by atoms with Crippen molar-refractivity contribution in [3.63, 3.8) is 0 Å². The first-order valence-corrected chi connectivity index (χ1v) is 11.5. The van der Waals surface area contributed by atoms with Gasteiger partial charge in [-0.05, 0) is 50.6 Å². The van der Waals surface area contributed by atoms with Crippen molar-refractivity contribution in [2.45, 2.75) is 44.4 Å². The van der Waals surface area contributed by atoms with Crippen molar-refractivity contribution < 1.29 is 8.73 Å². The van der Waals surface area contributed by atoms with Gasteiger partial charge in [0.1, 0.15) is 5.69 Å². The van der Waals surface area contributed by atoms with Crippen LogP contribution in [0.2, 0.25) is 0 Å². The molecule has 0 amide bonds. The second-order valence-electron chi connectivity index (χ2n) is 8.63. The molecule has 0 aliphatic rings. The fourth-order valence-electron chi connectivity index (χ4n) is 3.61. The third-order valence-electron chi connectivity index (χ3n) is 5.37. The Labute approximate surface area is 185 Å². The summed E-state index contributed by atoms with van der Waals surface area (Å²) in [5.41, 5.74) is 4.43. The molecule has 6 heteroatoms. The van der Waals surface area contributed by atoms with E-state index in [1.807, 2.05) is 81.4 Å². The van der Waals surface area contributed by atoms with Crippen LogP contribution < -0.4 is 4.72 Å². The molecule has 3 atom stereocenters. The Hall–Kier alpha value is -2.83. The van der Waals surface area contributed by atoms with Crippen molar-refractivity contribution in [3.8, 4) is 11.3 Å². The quantitative estimate of drug-likeness (QED) is 0.418. The molecule has 0 saturated carbocycles. The molecule has 0 fully saturated rings. The van der Waals surface area contributed by atoms with Gasteiger partial charge in [0.05, 0.1) is 21.8 Å². The monoisotopic (exact) mass is 433 g/mol. The highest BCUT2D eigenvalue weighted by atomic mass is 32.2. The summed E-state index contributed by atoms with van der Waals surface area (Å²) in [4.78, 5) is 4.56. The normalized spacial score (nSPS) is 15.0. The van der Waals surface area contributed by atoms with Gasteiger partial charge < -0.3 is 4.52 Å². The summed E-state index contributed by atoms with van der Waals surface area (Å²) in [7, 11) is -1.27. The number of nitrogens with zero attached hydrogens (tertiary/aromatic N) is 2. The predicted molar refractivity (Wildman–Crippen MR) is 126 cm³/mol. The fourth-order valence-corrected chi connectivity index (χ4v) is 4.52. The number of fused-ring (bicyclic) bond motifs is 1. The molecule has 0 bridgehead atoms. The molecule has 2 unspecified atom stereocenters. The zero-order valence-electron chi connectivity index (χ0n) is 18.2. The SMILES string of the molecule is CC(c1ccccn1)[C@H](NS(=O)C(C)(C)C)c1ccccc1-c1noc2ccccc12. The number of nitrogens with one attached hydrogen (secondary N) is 1. The van der Waals surface area contributed by atoms with E-state index in [1.54, 1.807) is 6.20 Å². The minimum absolute atomic E-state index is 0.0215. The number of hydrogen-bond donors (Lipinski definition) is 1. The topological polar surface area (TPSA) is 68.0 Å². The third kappa shape index (κ3) is 4.45. The van der Waals surface area contributed by atoms with Gasteiger partial charge in [-0.25, -0.2) is 8.93 Å². The Kier molecular flexibility index (Phi) is 6.03. The number of rotatable bonds is 6. The number of hydrogen-bond acceptors (Lipinski definition) is 4. The average Bonchev–Trinajstić information content (AvgIpc) is 3.21. The summed E-state index contributed by atoms with van der Waals surface area (Å²) in [5, 5.41) is 5.33. The lowest BCUT2D eigenvalue weighted by molar-refractivity contribution is 0.459. The van der Waals surface area contributed by atoms with Gasteiger partial charge in [0.2, 0.25) is 0 Å². The highest BCUT2D eigenvalue weighted by molar-refractivity contribution is 7.84. The molecule has 0 spiro atoms. The maximum Gasteiger partial charge on any atom is 0.167 e. The van der Waals surface area contributed by atoms with Crippen LogP contribution in [0, 0.1) is 0 Å². The van der Waals surface area contributed by atoms with Crippen LogP contribution in [0.1, 0.15) is 50.9 Å². The molecule has 2 aromatic heterocycles. The van der Waals surface area contributed by atoms with Gasteiger partial charge in [-0.1, -0.05) is 54.5 Å². The Morgan fingerprint density at radius 2 is 1.68 bits per heavy atom. The maximum atomic E-state index is 13.1. The van der Waals surface area contributed by atoms with Crippen LogP contribution in [0.15, 0.2) is 77.4 Å². The van der Waals surface area contributed by atoms with Gasteiger partial charge in [-0.2, -0.15) is 0 Å². The fraction of sp³-hybridized carbons (Fsp3) is 0.280. The highest BCUT2D eigenvalue weighted by Gasteiger charge is 2.30. The third-order valence-corrected chi connectivity index (χ3v) is 6.95. The smallest absolute Gasteiger partial charge is 0.167 e. The lowest BCUT2D eigenvalue weighted by Gasteiger charge is -2.29. The number of pyridine rings is 1. The van der Waals surface area contributed by atoms with Crippen molar-refractivity contribution in [1.29, 1.82) is 0 Å². The first kappa shape index (κ1) is 21.4. The van der Waals surface area contributed by atoms with Gasteiger partial charge >= 0.3 is 0 Å². The molecule has 4 aromatic rings. The number of aromatic nitrogens is 2. The molecule has 0 aliphatic carbocycles. The number of benzene rings is 2. The van der Waals surface area contributed by atoms with Crippen molar-refractivity contribution in [3.05, 3.63) is 84.2 Å². The molecule has 160 valence electrons. The molecular formula is C25H27N3O2S. The Morgan fingerprint density at radius 3 is 2.42 bits per heavy atom. The predicted octanol–water partition coefficient (Wildman–Crippen LogP) is 5.79. The van der Waals surface area contributed by atoms with Crippen LogP contribution in [-0.2, 0) is 11.0 Å².